The molecular weight excluding hydrogens is 619 g/mol. The number of halogens is 3. The van der Waals surface area contributed by atoms with E-state index in [9.17, 15) is 27.9 Å². The lowest BCUT2D eigenvalue weighted by Gasteiger charge is -2.42. The van der Waals surface area contributed by atoms with Crippen LogP contribution in [0.4, 0.5) is 18.0 Å². The summed E-state index contributed by atoms with van der Waals surface area (Å²) < 4.78 is 44.0. The molecule has 1 saturated carbocycles. The molecule has 0 spiro atoms. The van der Waals surface area contributed by atoms with Gasteiger partial charge in [-0.05, 0) is 42.5 Å². The van der Waals surface area contributed by atoms with Crippen LogP contribution < -0.4 is 0 Å². The van der Waals surface area contributed by atoms with Crippen LogP contribution in [0.3, 0.4) is 0 Å². The summed E-state index contributed by atoms with van der Waals surface area (Å²) in [5, 5.41) is 9.99. The highest BCUT2D eigenvalue weighted by Crippen LogP contribution is 2.37. The van der Waals surface area contributed by atoms with E-state index in [4.69, 9.17) is 0 Å². The molecule has 2 fully saturated rings. The molecule has 252 valence electrons. The molecule has 48 heavy (non-hydrogen) atoms. The van der Waals surface area contributed by atoms with E-state index < -0.39 is 36.5 Å². The third kappa shape index (κ3) is 7.41. The minimum absolute atomic E-state index is 0.227. The Hall–Kier alpha value is -4.64. The number of benzene rings is 3. The second-order valence-electron chi connectivity index (χ2n) is 12.7. The maximum Gasteiger partial charge on any atom is 0.407 e. The van der Waals surface area contributed by atoms with Crippen LogP contribution >= 0.6 is 0 Å². The molecule has 6 rings (SSSR count). The van der Waals surface area contributed by atoms with Crippen LogP contribution in [0.5, 0.6) is 0 Å². The number of amides is 2. The Labute approximate surface area is 278 Å². The first-order valence-corrected chi connectivity index (χ1v) is 16.5. The molecule has 11 heteroatoms. The maximum absolute atomic E-state index is 14.6. The van der Waals surface area contributed by atoms with Gasteiger partial charge in [-0.25, -0.2) is 22.9 Å². The number of nitrogens with zero attached hydrogens (tertiary/aromatic N) is 5. The van der Waals surface area contributed by atoms with E-state index in [1.165, 1.54) is 17.0 Å². The summed E-state index contributed by atoms with van der Waals surface area (Å²) in [5.41, 5.74) is 3.14. The fraction of sp³-hybridized carbons (Fsp3) is 0.378. The molecule has 0 unspecified atom stereocenters. The van der Waals surface area contributed by atoms with Crippen molar-refractivity contribution in [3.05, 3.63) is 114 Å². The first-order chi connectivity index (χ1) is 23.3. The summed E-state index contributed by atoms with van der Waals surface area (Å²) in [5.74, 6) is -1.65. The number of carbonyl (C=O) groups is 2. The second kappa shape index (κ2) is 15.1. The molecule has 1 aromatic heterocycles. The van der Waals surface area contributed by atoms with E-state index in [2.05, 4.69) is 9.88 Å². The molecular formula is C37H40F3N5O3. The largest absolute Gasteiger partial charge is 0.465 e. The molecule has 1 N–H and O–H groups in total. The maximum atomic E-state index is 14.6. The third-order valence-corrected chi connectivity index (χ3v) is 9.54. The predicted molar refractivity (Wildman–Crippen MR) is 176 cm³/mol. The van der Waals surface area contributed by atoms with Crippen molar-refractivity contribution in [2.24, 2.45) is 0 Å². The highest BCUT2D eigenvalue weighted by molar-refractivity contribution is 5.98. The molecule has 4 aromatic rings. The summed E-state index contributed by atoms with van der Waals surface area (Å²) in [7, 11) is 0. The molecule has 8 nitrogen and oxygen atoms in total. The van der Waals surface area contributed by atoms with Crippen molar-refractivity contribution in [1.82, 2.24) is 24.3 Å². The highest BCUT2D eigenvalue weighted by atomic mass is 19.1. The Kier molecular flexibility index (Phi) is 10.4. The lowest BCUT2D eigenvalue weighted by atomic mass is 9.88. The van der Waals surface area contributed by atoms with Crippen molar-refractivity contribution in [2.45, 2.75) is 56.8 Å². The second-order valence-corrected chi connectivity index (χ2v) is 12.7. The van der Waals surface area contributed by atoms with Gasteiger partial charge in [-0.3, -0.25) is 9.69 Å². The molecule has 1 aliphatic carbocycles. The Morgan fingerprint density at radius 2 is 1.58 bits per heavy atom. The highest BCUT2D eigenvalue weighted by Gasteiger charge is 2.38. The van der Waals surface area contributed by atoms with Crippen molar-refractivity contribution in [2.75, 3.05) is 32.9 Å². The summed E-state index contributed by atoms with van der Waals surface area (Å²) in [6, 6.07) is 21.6. The number of piperazine rings is 1. The van der Waals surface area contributed by atoms with E-state index in [-0.39, 0.29) is 30.6 Å². The van der Waals surface area contributed by atoms with Gasteiger partial charge >= 0.3 is 6.09 Å². The number of imidazole rings is 1. The Bertz CT molecular complexity index is 1680. The van der Waals surface area contributed by atoms with Gasteiger partial charge in [-0.1, -0.05) is 73.5 Å². The van der Waals surface area contributed by atoms with Gasteiger partial charge < -0.3 is 19.5 Å². The zero-order chi connectivity index (χ0) is 33.6. The normalized spacial score (nSPS) is 20.1. The minimum Gasteiger partial charge on any atom is -0.465 e. The van der Waals surface area contributed by atoms with Gasteiger partial charge in [0.2, 0.25) is 0 Å². The first-order valence-electron chi connectivity index (χ1n) is 16.5. The van der Waals surface area contributed by atoms with Gasteiger partial charge in [-0.2, -0.15) is 0 Å². The molecule has 0 bridgehead atoms. The quantitative estimate of drug-likeness (QED) is 0.202. The number of alkyl halides is 1. The Morgan fingerprint density at radius 1 is 0.896 bits per heavy atom. The predicted octanol–water partition coefficient (Wildman–Crippen LogP) is 6.83. The van der Waals surface area contributed by atoms with E-state index in [0.717, 1.165) is 30.0 Å². The van der Waals surface area contributed by atoms with Gasteiger partial charge in [0.1, 0.15) is 18.3 Å². The summed E-state index contributed by atoms with van der Waals surface area (Å²) >= 11 is 0. The number of hydrogen-bond acceptors (Lipinski definition) is 4. The zero-order valence-electron chi connectivity index (χ0n) is 26.7. The lowest BCUT2D eigenvalue weighted by molar-refractivity contribution is 0.0434. The number of rotatable bonds is 10. The van der Waals surface area contributed by atoms with Gasteiger partial charge in [0.05, 0.1) is 30.6 Å². The topological polar surface area (TPSA) is 81.9 Å². The van der Waals surface area contributed by atoms with Crippen LogP contribution in [-0.2, 0) is 13.0 Å². The molecule has 1 aliphatic heterocycles. The smallest absolute Gasteiger partial charge is 0.407 e. The zero-order valence-corrected chi connectivity index (χ0v) is 26.7. The van der Waals surface area contributed by atoms with Crippen LogP contribution in [0.2, 0.25) is 0 Å². The summed E-state index contributed by atoms with van der Waals surface area (Å²) in [6.45, 7) is 1.11. The monoisotopic (exact) mass is 659 g/mol. The van der Waals surface area contributed by atoms with Gasteiger partial charge in [0.15, 0.2) is 5.69 Å². The standard InChI is InChI=1S/C37H40F3N5O3/c38-15-16-44(37(47)48)32-13-7-8-14-33(32)45-25-41-34(35(45)28-11-5-2-6-12-28)36(46)43-18-17-42(23-26-9-3-1-4-10-26)24-31(43)21-27-19-29(39)22-30(40)20-27/h1-6,9-12,19-20,22,25,31-33H,7-8,13-18,21,23-24H2,(H,47,48)/t31-,32+,33+/m1/s1. The average Bonchev–Trinajstić information content (AvgIpc) is 3.52. The van der Waals surface area contributed by atoms with Crippen molar-refractivity contribution >= 4 is 12.0 Å². The number of carboxylic acid groups (broad SMARTS) is 1. The van der Waals surface area contributed by atoms with E-state index >= 15 is 0 Å². The Morgan fingerprint density at radius 3 is 2.27 bits per heavy atom. The van der Waals surface area contributed by atoms with Gasteiger partial charge in [0, 0.05) is 43.9 Å². The van der Waals surface area contributed by atoms with Gasteiger partial charge in [-0.15, -0.1) is 0 Å². The SMILES string of the molecule is O=C(c1ncn([C@H]2CCCC[C@@H]2N(CCF)C(=O)O)c1-c1ccccc1)N1CCN(Cc2ccccc2)C[C@H]1Cc1cc(F)cc(F)c1. The van der Waals surface area contributed by atoms with Crippen LogP contribution in [0, 0.1) is 11.6 Å². The number of carbonyl (C=O) groups excluding carboxylic acids is 1. The van der Waals surface area contributed by atoms with Crippen LogP contribution in [0.25, 0.3) is 11.3 Å². The van der Waals surface area contributed by atoms with Crippen molar-refractivity contribution < 1.29 is 27.9 Å². The van der Waals surface area contributed by atoms with E-state index in [0.29, 0.717) is 50.3 Å². The van der Waals surface area contributed by atoms with Crippen molar-refractivity contribution in [1.29, 1.82) is 0 Å². The molecule has 3 atom stereocenters. The third-order valence-electron chi connectivity index (χ3n) is 9.54. The molecule has 2 aliphatic rings. The molecule has 0 radical (unpaired) electrons. The van der Waals surface area contributed by atoms with Crippen LogP contribution in [0.1, 0.15) is 53.3 Å². The van der Waals surface area contributed by atoms with Gasteiger partial charge in [0.25, 0.3) is 5.91 Å². The fourth-order valence-electron chi connectivity index (χ4n) is 7.41. The van der Waals surface area contributed by atoms with E-state index in [1.807, 2.05) is 65.2 Å². The molecule has 1 saturated heterocycles. The average molecular weight is 660 g/mol. The number of hydrogen-bond donors (Lipinski definition) is 1. The van der Waals surface area contributed by atoms with Crippen LogP contribution in [-0.4, -0.2) is 86.3 Å². The van der Waals surface area contributed by atoms with E-state index in [1.54, 1.807) is 11.2 Å². The fourth-order valence-corrected chi connectivity index (χ4v) is 7.41. The molecule has 3 aromatic carbocycles. The van der Waals surface area contributed by atoms with Crippen molar-refractivity contribution in [3.8, 4) is 11.3 Å². The molecule has 2 heterocycles. The minimum atomic E-state index is -1.17. The molecule has 2 amide bonds. The lowest BCUT2D eigenvalue weighted by Crippen LogP contribution is -2.55. The summed E-state index contributed by atoms with van der Waals surface area (Å²) in [6.07, 6.45) is 3.57. The first kappa shape index (κ1) is 33.3. The number of aromatic nitrogens is 2. The van der Waals surface area contributed by atoms with Crippen molar-refractivity contribution in [3.63, 3.8) is 0 Å². The van der Waals surface area contributed by atoms with Crippen LogP contribution in [0.15, 0.2) is 85.2 Å². The summed E-state index contributed by atoms with van der Waals surface area (Å²) in [4.78, 5) is 36.7. The Balaban J connectivity index is 1.36.